The van der Waals surface area contributed by atoms with Gasteiger partial charge in [-0.25, -0.2) is 9.69 Å². The predicted molar refractivity (Wildman–Crippen MR) is 153 cm³/mol. The molecular weight excluding hydrogens is 502 g/mol. The maximum absolute atomic E-state index is 13.9. The van der Waals surface area contributed by atoms with Crippen LogP contribution in [0, 0.1) is 17.0 Å². The van der Waals surface area contributed by atoms with E-state index in [1.165, 1.54) is 17.1 Å². The molecule has 0 aliphatic carbocycles. The van der Waals surface area contributed by atoms with Gasteiger partial charge in [-0.15, -0.1) is 0 Å². The third-order valence-electron chi connectivity index (χ3n) is 7.00. The molecule has 1 aliphatic rings. The Balaban J connectivity index is 1.47. The number of aromatic nitrogens is 2. The number of hydrogen-bond donors (Lipinski definition) is 0. The van der Waals surface area contributed by atoms with Gasteiger partial charge in [-0.05, 0) is 48.9 Å². The normalized spacial score (nSPS) is 14.7. The highest BCUT2D eigenvalue weighted by atomic mass is 16.6. The first kappa shape index (κ1) is 24.9. The third-order valence-corrected chi connectivity index (χ3v) is 7.00. The number of para-hydroxylation sites is 1. The number of amides is 1. The van der Waals surface area contributed by atoms with Crippen molar-refractivity contribution in [1.82, 2.24) is 14.8 Å². The van der Waals surface area contributed by atoms with Crippen molar-refractivity contribution in [2.45, 2.75) is 19.4 Å². The van der Waals surface area contributed by atoms with Gasteiger partial charge in [0.25, 0.3) is 11.6 Å². The van der Waals surface area contributed by atoms with Gasteiger partial charge < -0.3 is 0 Å². The number of non-ortho nitro benzene ring substituents is 1. The van der Waals surface area contributed by atoms with E-state index in [1.807, 2.05) is 90.6 Å². The number of carbonyl (C=O) groups is 1. The topological polar surface area (TPSA) is 93.6 Å². The standard InChI is InChI=1S/C32H25N5O3/c1-22-12-14-25(15-13-22)32(38)36-30(20-29(33-36)23-16-18-27(19-17-23)37(39)40)28-21-35(26-10-6-3-7-11-26)34-31(28)24-8-4-2-5-9-24/h2-19,21,30H,20H2,1H3/t30-/m0/s1. The molecule has 1 aromatic heterocycles. The quantitative estimate of drug-likeness (QED) is 0.180. The Labute approximate surface area is 231 Å². The minimum absolute atomic E-state index is 0.00184. The number of benzene rings is 4. The summed E-state index contributed by atoms with van der Waals surface area (Å²) in [6.07, 6.45) is 2.39. The number of nitro benzene ring substituents is 1. The summed E-state index contributed by atoms with van der Waals surface area (Å²) in [5, 5.41) is 22.5. The van der Waals surface area contributed by atoms with Crippen molar-refractivity contribution in [3.05, 3.63) is 148 Å². The Morgan fingerprint density at radius 2 is 1.50 bits per heavy atom. The lowest BCUT2D eigenvalue weighted by atomic mass is 9.96. The molecule has 0 spiro atoms. The van der Waals surface area contributed by atoms with Gasteiger partial charge in [0.2, 0.25) is 0 Å². The van der Waals surface area contributed by atoms with Crippen LogP contribution in [0.1, 0.15) is 39.5 Å². The minimum Gasteiger partial charge on any atom is -0.267 e. The van der Waals surface area contributed by atoms with E-state index in [0.29, 0.717) is 17.7 Å². The highest BCUT2D eigenvalue weighted by molar-refractivity contribution is 6.05. The molecule has 5 aromatic rings. The molecule has 0 unspecified atom stereocenters. The van der Waals surface area contributed by atoms with Crippen LogP contribution in [0.2, 0.25) is 0 Å². The van der Waals surface area contributed by atoms with E-state index in [0.717, 1.165) is 33.6 Å². The average molecular weight is 528 g/mol. The maximum Gasteiger partial charge on any atom is 0.274 e. The van der Waals surface area contributed by atoms with Crippen molar-refractivity contribution in [2.24, 2.45) is 5.10 Å². The smallest absolute Gasteiger partial charge is 0.267 e. The van der Waals surface area contributed by atoms with Crippen molar-refractivity contribution in [1.29, 1.82) is 0 Å². The van der Waals surface area contributed by atoms with Gasteiger partial charge in [0, 0.05) is 41.4 Å². The van der Waals surface area contributed by atoms with Crippen molar-refractivity contribution in [3.63, 3.8) is 0 Å². The first-order valence-electron chi connectivity index (χ1n) is 12.9. The first-order valence-corrected chi connectivity index (χ1v) is 12.9. The fourth-order valence-corrected chi connectivity index (χ4v) is 4.88. The van der Waals surface area contributed by atoms with Gasteiger partial charge in [0.1, 0.15) is 0 Å². The van der Waals surface area contributed by atoms with Gasteiger partial charge in [0.15, 0.2) is 0 Å². The van der Waals surface area contributed by atoms with E-state index in [-0.39, 0.29) is 11.6 Å². The van der Waals surface area contributed by atoms with Crippen molar-refractivity contribution in [3.8, 4) is 16.9 Å². The molecule has 0 N–H and O–H groups in total. The van der Waals surface area contributed by atoms with Gasteiger partial charge in [-0.1, -0.05) is 66.2 Å². The zero-order chi connectivity index (χ0) is 27.6. The van der Waals surface area contributed by atoms with E-state index in [1.54, 1.807) is 24.3 Å². The molecular formula is C32H25N5O3. The molecule has 0 fully saturated rings. The first-order chi connectivity index (χ1) is 19.5. The Morgan fingerprint density at radius 1 is 0.850 bits per heavy atom. The second-order valence-electron chi connectivity index (χ2n) is 9.67. The van der Waals surface area contributed by atoms with Crippen LogP contribution in [-0.4, -0.2) is 31.3 Å². The molecule has 0 bridgehead atoms. The van der Waals surface area contributed by atoms with E-state index in [2.05, 4.69) is 0 Å². The van der Waals surface area contributed by atoms with Crippen LogP contribution in [-0.2, 0) is 0 Å². The molecule has 6 rings (SSSR count). The second-order valence-corrected chi connectivity index (χ2v) is 9.67. The predicted octanol–water partition coefficient (Wildman–Crippen LogP) is 6.75. The minimum atomic E-state index is -0.438. The lowest BCUT2D eigenvalue weighted by Gasteiger charge is -2.22. The van der Waals surface area contributed by atoms with Gasteiger partial charge >= 0.3 is 0 Å². The summed E-state index contributed by atoms with van der Waals surface area (Å²) >= 11 is 0. The Kier molecular flexibility index (Phi) is 6.49. The summed E-state index contributed by atoms with van der Waals surface area (Å²) in [5.74, 6) is -0.228. The van der Waals surface area contributed by atoms with Crippen LogP contribution in [0.25, 0.3) is 16.9 Å². The van der Waals surface area contributed by atoms with Crippen LogP contribution in [0.3, 0.4) is 0 Å². The van der Waals surface area contributed by atoms with Crippen LogP contribution >= 0.6 is 0 Å². The second kappa shape index (κ2) is 10.4. The number of hydrogen-bond acceptors (Lipinski definition) is 5. The van der Waals surface area contributed by atoms with Crippen LogP contribution in [0.5, 0.6) is 0 Å². The third kappa shape index (κ3) is 4.78. The van der Waals surface area contributed by atoms with Gasteiger partial charge in [0.05, 0.1) is 28.1 Å². The fraction of sp³-hybridized carbons (Fsp3) is 0.0938. The molecule has 0 radical (unpaired) electrons. The molecule has 8 nitrogen and oxygen atoms in total. The summed E-state index contributed by atoms with van der Waals surface area (Å²) in [4.78, 5) is 24.7. The largest absolute Gasteiger partial charge is 0.274 e. The fourth-order valence-electron chi connectivity index (χ4n) is 4.88. The Morgan fingerprint density at radius 3 is 2.15 bits per heavy atom. The Hall–Kier alpha value is -5.37. The van der Waals surface area contributed by atoms with Gasteiger partial charge in [-0.2, -0.15) is 10.2 Å². The molecule has 4 aromatic carbocycles. The van der Waals surface area contributed by atoms with Gasteiger partial charge in [-0.3, -0.25) is 14.9 Å². The van der Waals surface area contributed by atoms with Crippen molar-refractivity contribution in [2.75, 3.05) is 0 Å². The number of nitro groups is 1. The zero-order valence-electron chi connectivity index (χ0n) is 21.7. The van der Waals surface area contributed by atoms with Crippen molar-refractivity contribution < 1.29 is 9.72 Å². The van der Waals surface area contributed by atoms with Crippen LogP contribution in [0.4, 0.5) is 5.69 Å². The number of nitrogens with zero attached hydrogens (tertiary/aromatic N) is 5. The highest BCUT2D eigenvalue weighted by Gasteiger charge is 2.36. The summed E-state index contributed by atoms with van der Waals surface area (Å²) in [7, 11) is 0. The molecule has 196 valence electrons. The van der Waals surface area contributed by atoms with Crippen molar-refractivity contribution >= 4 is 17.3 Å². The highest BCUT2D eigenvalue weighted by Crippen LogP contribution is 2.39. The molecule has 0 saturated carbocycles. The lowest BCUT2D eigenvalue weighted by Crippen LogP contribution is -2.27. The number of hydrazone groups is 1. The van der Waals surface area contributed by atoms with E-state index in [9.17, 15) is 14.9 Å². The summed E-state index contributed by atoms with van der Waals surface area (Å²) in [6, 6.07) is 33.0. The molecule has 1 amide bonds. The number of carbonyl (C=O) groups excluding carboxylic acids is 1. The molecule has 1 aliphatic heterocycles. The van der Waals surface area contributed by atoms with Crippen LogP contribution < -0.4 is 0 Å². The Bertz CT molecular complexity index is 1710. The maximum atomic E-state index is 13.9. The zero-order valence-corrected chi connectivity index (χ0v) is 21.7. The SMILES string of the molecule is Cc1ccc(C(=O)N2N=C(c3ccc([N+](=O)[O-])cc3)C[C@H]2c2cn(-c3ccccc3)nc2-c2ccccc2)cc1. The van der Waals surface area contributed by atoms with E-state index in [4.69, 9.17) is 10.2 Å². The number of aryl methyl sites for hydroxylation is 1. The molecule has 1 atom stereocenters. The average Bonchev–Trinajstić information content (AvgIpc) is 3.64. The van der Waals surface area contributed by atoms with E-state index < -0.39 is 11.0 Å². The molecule has 2 heterocycles. The molecule has 0 saturated heterocycles. The molecule has 40 heavy (non-hydrogen) atoms. The van der Waals surface area contributed by atoms with E-state index >= 15 is 0 Å². The summed E-state index contributed by atoms with van der Waals surface area (Å²) in [5.41, 5.74) is 6.43. The molecule has 8 heteroatoms. The number of rotatable bonds is 6. The lowest BCUT2D eigenvalue weighted by molar-refractivity contribution is -0.384. The summed E-state index contributed by atoms with van der Waals surface area (Å²) < 4.78 is 1.83. The summed E-state index contributed by atoms with van der Waals surface area (Å²) in [6.45, 7) is 1.97. The van der Waals surface area contributed by atoms with Crippen LogP contribution in [0.15, 0.2) is 120 Å². The monoisotopic (exact) mass is 527 g/mol.